The molecule has 2 nitrogen and oxygen atoms in total. The van der Waals surface area contributed by atoms with E-state index >= 15 is 0 Å². The fourth-order valence-corrected chi connectivity index (χ4v) is 2.76. The van der Waals surface area contributed by atoms with Crippen molar-refractivity contribution in [3.05, 3.63) is 40.4 Å². The minimum Gasteiger partial charge on any atom is -0.496 e. The highest BCUT2D eigenvalue weighted by molar-refractivity contribution is 9.10. The molecule has 0 bridgehead atoms. The molecule has 2 aromatic carbocycles. The van der Waals surface area contributed by atoms with Gasteiger partial charge in [0, 0.05) is 10.0 Å². The Bertz CT molecular complexity index is 553. The molecule has 0 radical (unpaired) electrons. The van der Waals surface area contributed by atoms with E-state index in [0.29, 0.717) is 12.5 Å². The summed E-state index contributed by atoms with van der Waals surface area (Å²) in [6, 6.07) is 10.5. The van der Waals surface area contributed by atoms with Gasteiger partial charge in [-0.2, -0.15) is 0 Å². The summed E-state index contributed by atoms with van der Waals surface area (Å²) in [4.78, 5) is 0. The molecule has 96 valence electrons. The first kappa shape index (κ1) is 13.4. The average molecular weight is 308 g/mol. The van der Waals surface area contributed by atoms with E-state index in [0.717, 1.165) is 16.6 Å². The number of halogens is 1. The Morgan fingerprint density at radius 1 is 1.28 bits per heavy atom. The summed E-state index contributed by atoms with van der Waals surface area (Å²) in [5.74, 6) is 1.35. The number of nitrogens with two attached hydrogens (primary N) is 1. The lowest BCUT2D eigenvalue weighted by Crippen LogP contribution is -2.06. The Morgan fingerprint density at radius 3 is 2.72 bits per heavy atom. The molecule has 3 heteroatoms. The van der Waals surface area contributed by atoms with Gasteiger partial charge in [0.25, 0.3) is 0 Å². The summed E-state index contributed by atoms with van der Waals surface area (Å²) in [7, 11) is 1.72. The number of ether oxygens (including phenoxy) is 1. The SMILES string of the molecule is COc1ccc2cc(Br)ccc2c1C(C)CCN. The molecular weight excluding hydrogens is 290 g/mol. The maximum absolute atomic E-state index is 5.68. The molecule has 0 aliphatic rings. The van der Waals surface area contributed by atoms with Crippen LogP contribution in [0, 0.1) is 0 Å². The van der Waals surface area contributed by atoms with Crippen molar-refractivity contribution in [2.75, 3.05) is 13.7 Å². The summed E-state index contributed by atoms with van der Waals surface area (Å²) in [5.41, 5.74) is 6.94. The lowest BCUT2D eigenvalue weighted by atomic mass is 9.91. The van der Waals surface area contributed by atoms with Crippen molar-refractivity contribution in [2.24, 2.45) is 5.73 Å². The highest BCUT2D eigenvalue weighted by Crippen LogP contribution is 2.36. The minimum atomic E-state index is 0.398. The average Bonchev–Trinajstić information content (AvgIpc) is 2.37. The second-order valence-corrected chi connectivity index (χ2v) is 5.44. The molecule has 0 saturated carbocycles. The van der Waals surface area contributed by atoms with E-state index in [1.807, 2.05) is 6.07 Å². The van der Waals surface area contributed by atoms with Crippen LogP contribution in [0.3, 0.4) is 0 Å². The third-order valence-electron chi connectivity index (χ3n) is 3.30. The molecule has 1 atom stereocenters. The minimum absolute atomic E-state index is 0.398. The van der Waals surface area contributed by atoms with Gasteiger partial charge in [-0.15, -0.1) is 0 Å². The van der Waals surface area contributed by atoms with Gasteiger partial charge in [-0.25, -0.2) is 0 Å². The molecule has 0 aromatic heterocycles. The van der Waals surface area contributed by atoms with E-state index in [9.17, 15) is 0 Å². The molecule has 18 heavy (non-hydrogen) atoms. The number of fused-ring (bicyclic) bond motifs is 1. The van der Waals surface area contributed by atoms with Crippen molar-refractivity contribution in [1.82, 2.24) is 0 Å². The predicted molar refractivity (Wildman–Crippen MR) is 80.3 cm³/mol. The molecule has 0 heterocycles. The molecule has 0 amide bonds. The zero-order valence-corrected chi connectivity index (χ0v) is 12.3. The third-order valence-corrected chi connectivity index (χ3v) is 3.79. The van der Waals surface area contributed by atoms with Crippen molar-refractivity contribution < 1.29 is 4.74 Å². The predicted octanol–water partition coefficient (Wildman–Crippen LogP) is 4.06. The fourth-order valence-electron chi connectivity index (χ4n) is 2.39. The molecule has 1 unspecified atom stereocenters. The number of hydrogen-bond acceptors (Lipinski definition) is 2. The number of rotatable bonds is 4. The quantitative estimate of drug-likeness (QED) is 0.924. The maximum atomic E-state index is 5.68. The molecule has 0 saturated heterocycles. The van der Waals surface area contributed by atoms with Crippen LogP contribution in [0.4, 0.5) is 0 Å². The molecule has 0 aliphatic carbocycles. The first-order chi connectivity index (χ1) is 8.67. The Morgan fingerprint density at radius 2 is 2.06 bits per heavy atom. The first-order valence-electron chi connectivity index (χ1n) is 6.13. The second-order valence-electron chi connectivity index (χ2n) is 4.53. The lowest BCUT2D eigenvalue weighted by Gasteiger charge is -2.18. The van der Waals surface area contributed by atoms with Crippen LogP contribution in [0.1, 0.15) is 24.8 Å². The molecular formula is C15H18BrNO. The van der Waals surface area contributed by atoms with Gasteiger partial charge in [0.2, 0.25) is 0 Å². The number of hydrogen-bond donors (Lipinski definition) is 1. The Labute approximate surface area is 116 Å². The summed E-state index contributed by atoms with van der Waals surface area (Å²) in [5, 5.41) is 2.47. The number of methoxy groups -OCH3 is 1. The Kier molecular flexibility index (Phi) is 4.25. The van der Waals surface area contributed by atoms with Gasteiger partial charge >= 0.3 is 0 Å². The fraction of sp³-hybridized carbons (Fsp3) is 0.333. The standard InChI is InChI=1S/C15H18BrNO/c1-10(7-8-17)15-13-5-4-12(16)9-11(13)3-6-14(15)18-2/h3-6,9-10H,7-8,17H2,1-2H3. The summed E-state index contributed by atoms with van der Waals surface area (Å²) in [6.07, 6.45) is 0.964. The number of benzene rings is 2. The van der Waals surface area contributed by atoms with Crippen LogP contribution >= 0.6 is 15.9 Å². The van der Waals surface area contributed by atoms with Gasteiger partial charge in [-0.05, 0) is 47.9 Å². The zero-order chi connectivity index (χ0) is 13.1. The molecule has 2 aromatic rings. The topological polar surface area (TPSA) is 35.2 Å². The second kappa shape index (κ2) is 5.72. The summed E-state index contributed by atoms with van der Waals surface area (Å²) >= 11 is 3.51. The lowest BCUT2D eigenvalue weighted by molar-refractivity contribution is 0.406. The van der Waals surface area contributed by atoms with Crippen LogP contribution in [-0.2, 0) is 0 Å². The summed E-state index contributed by atoms with van der Waals surface area (Å²) < 4.78 is 6.59. The molecule has 0 fully saturated rings. The van der Waals surface area contributed by atoms with Crippen LogP contribution in [0.5, 0.6) is 5.75 Å². The van der Waals surface area contributed by atoms with E-state index in [-0.39, 0.29) is 0 Å². The Balaban J connectivity index is 2.65. The van der Waals surface area contributed by atoms with Gasteiger partial charge in [0.05, 0.1) is 7.11 Å². The van der Waals surface area contributed by atoms with Gasteiger partial charge in [0.15, 0.2) is 0 Å². The van der Waals surface area contributed by atoms with Gasteiger partial charge in [-0.3, -0.25) is 0 Å². The van der Waals surface area contributed by atoms with Crippen molar-refractivity contribution in [3.8, 4) is 5.75 Å². The van der Waals surface area contributed by atoms with Crippen molar-refractivity contribution >= 4 is 26.7 Å². The van der Waals surface area contributed by atoms with Crippen LogP contribution in [0.25, 0.3) is 10.8 Å². The monoisotopic (exact) mass is 307 g/mol. The molecule has 2 N–H and O–H groups in total. The van der Waals surface area contributed by atoms with Gasteiger partial charge in [0.1, 0.15) is 5.75 Å². The summed E-state index contributed by atoms with van der Waals surface area (Å²) in [6.45, 7) is 2.89. The van der Waals surface area contributed by atoms with E-state index in [2.05, 4.69) is 47.1 Å². The van der Waals surface area contributed by atoms with Gasteiger partial charge in [-0.1, -0.05) is 35.0 Å². The van der Waals surface area contributed by atoms with Crippen LogP contribution in [-0.4, -0.2) is 13.7 Å². The highest BCUT2D eigenvalue weighted by atomic mass is 79.9. The Hall–Kier alpha value is -1.06. The maximum Gasteiger partial charge on any atom is 0.122 e. The van der Waals surface area contributed by atoms with Crippen LogP contribution < -0.4 is 10.5 Å². The van der Waals surface area contributed by atoms with Crippen LogP contribution in [0.15, 0.2) is 34.8 Å². The molecule has 0 spiro atoms. The third kappa shape index (κ3) is 2.52. The van der Waals surface area contributed by atoms with E-state index in [1.165, 1.54) is 16.3 Å². The van der Waals surface area contributed by atoms with Crippen molar-refractivity contribution in [1.29, 1.82) is 0 Å². The van der Waals surface area contributed by atoms with Gasteiger partial charge < -0.3 is 10.5 Å². The molecule has 2 rings (SSSR count). The van der Waals surface area contributed by atoms with E-state index in [4.69, 9.17) is 10.5 Å². The van der Waals surface area contributed by atoms with Crippen LogP contribution in [0.2, 0.25) is 0 Å². The normalized spacial score (nSPS) is 12.7. The first-order valence-corrected chi connectivity index (χ1v) is 6.93. The van der Waals surface area contributed by atoms with E-state index < -0.39 is 0 Å². The zero-order valence-electron chi connectivity index (χ0n) is 10.7. The van der Waals surface area contributed by atoms with E-state index in [1.54, 1.807) is 7.11 Å². The molecule has 0 aliphatic heterocycles. The smallest absolute Gasteiger partial charge is 0.122 e. The van der Waals surface area contributed by atoms with Crippen molar-refractivity contribution in [2.45, 2.75) is 19.3 Å². The van der Waals surface area contributed by atoms with Crippen molar-refractivity contribution in [3.63, 3.8) is 0 Å². The highest BCUT2D eigenvalue weighted by Gasteiger charge is 2.14. The largest absolute Gasteiger partial charge is 0.496 e.